The number of rotatable bonds is 3. The lowest BCUT2D eigenvalue weighted by molar-refractivity contribution is -0.136. The number of ether oxygens (including phenoxy) is 1. The third kappa shape index (κ3) is 6.60. The third-order valence-electron chi connectivity index (χ3n) is 1.02. The molecule has 0 saturated carbocycles. The summed E-state index contributed by atoms with van der Waals surface area (Å²) >= 11 is 0. The molecule has 0 aromatic heterocycles. The van der Waals surface area contributed by atoms with Crippen LogP contribution in [0.4, 0.5) is 4.79 Å². The van der Waals surface area contributed by atoms with Crippen LogP contribution >= 0.6 is 0 Å². The molecule has 0 aliphatic carbocycles. The Bertz CT molecular complexity index is 226. The normalized spacial score (nSPS) is 10.7. The number of aliphatic imine (C=N–C) groups is 1. The van der Waals surface area contributed by atoms with Gasteiger partial charge in [0.25, 0.3) is 0 Å². The molecule has 0 rings (SSSR count). The maximum Gasteiger partial charge on any atom is 0.413 e. The number of alkyl carbamates (subject to hydrolysis) is 1. The zero-order valence-electron chi connectivity index (χ0n) is 7.11. The fourth-order valence-electron chi connectivity index (χ4n) is 0.467. The number of carbonyl (C=O) groups is 2. The maximum absolute atomic E-state index is 10.5. The first kappa shape index (κ1) is 11.2. The van der Waals surface area contributed by atoms with E-state index in [1.54, 1.807) is 0 Å². The van der Waals surface area contributed by atoms with Crippen molar-refractivity contribution in [2.45, 2.75) is 6.42 Å². The Morgan fingerprint density at radius 2 is 2.23 bits per heavy atom. The van der Waals surface area contributed by atoms with Crippen LogP contribution in [0.1, 0.15) is 6.42 Å². The summed E-state index contributed by atoms with van der Waals surface area (Å²) in [7, 11) is 1.18. The summed E-state index contributed by atoms with van der Waals surface area (Å²) in [6.07, 6.45) is -0.875. The average molecular weight is 189 g/mol. The lowest BCUT2D eigenvalue weighted by atomic mass is 10.4. The quantitative estimate of drug-likeness (QED) is 0.394. The van der Waals surface area contributed by atoms with Crippen LogP contribution in [0.2, 0.25) is 0 Å². The molecule has 0 saturated heterocycles. The van der Waals surface area contributed by atoms with E-state index in [2.05, 4.69) is 15.0 Å². The number of carboxylic acids is 1. The lowest BCUT2D eigenvalue weighted by Gasteiger charge is -2.01. The van der Waals surface area contributed by atoms with Crippen LogP contribution in [0.5, 0.6) is 0 Å². The van der Waals surface area contributed by atoms with Gasteiger partial charge in [-0.2, -0.15) is 0 Å². The molecule has 0 radical (unpaired) electrons. The molecule has 13 heavy (non-hydrogen) atoms. The fourth-order valence-corrected chi connectivity index (χ4v) is 0.467. The van der Waals surface area contributed by atoms with E-state index in [1.165, 1.54) is 7.11 Å². The Kier molecular flexibility index (Phi) is 5.01. The van der Waals surface area contributed by atoms with Gasteiger partial charge in [0.1, 0.15) is 0 Å². The molecule has 0 spiro atoms. The lowest BCUT2D eigenvalue weighted by Crippen LogP contribution is -2.36. The minimum atomic E-state index is -0.977. The van der Waals surface area contributed by atoms with Crippen LogP contribution in [-0.4, -0.2) is 36.8 Å². The van der Waals surface area contributed by atoms with Gasteiger partial charge in [-0.05, 0) is 0 Å². The van der Waals surface area contributed by atoms with Crippen LogP contribution < -0.4 is 11.1 Å². The van der Waals surface area contributed by atoms with Crippen molar-refractivity contribution in [2.24, 2.45) is 10.7 Å². The number of carboxylic acid groups (broad SMARTS) is 1. The minimum Gasteiger partial charge on any atom is -0.481 e. The van der Waals surface area contributed by atoms with Crippen LogP contribution in [0.15, 0.2) is 4.99 Å². The molecule has 0 fully saturated rings. The summed E-state index contributed by atoms with van der Waals surface area (Å²) in [5, 5.41) is 10.3. The molecule has 0 aliphatic rings. The number of carbonyl (C=O) groups excluding carboxylic acids is 1. The van der Waals surface area contributed by atoms with Crippen molar-refractivity contribution in [3.8, 4) is 0 Å². The molecule has 0 aromatic carbocycles. The molecular weight excluding hydrogens is 178 g/mol. The number of amides is 1. The second-order valence-corrected chi connectivity index (χ2v) is 2.03. The van der Waals surface area contributed by atoms with E-state index < -0.39 is 12.1 Å². The van der Waals surface area contributed by atoms with Crippen molar-refractivity contribution in [1.29, 1.82) is 0 Å². The summed E-state index contributed by atoms with van der Waals surface area (Å²) < 4.78 is 4.22. The molecule has 0 unspecified atom stereocenters. The van der Waals surface area contributed by atoms with Crippen molar-refractivity contribution in [1.82, 2.24) is 5.32 Å². The van der Waals surface area contributed by atoms with E-state index in [0.29, 0.717) is 0 Å². The Labute approximate surface area is 74.6 Å². The number of hydrogen-bond donors (Lipinski definition) is 3. The first-order chi connectivity index (χ1) is 6.06. The number of hydrogen-bond acceptors (Lipinski definition) is 4. The topological polar surface area (TPSA) is 114 Å². The van der Waals surface area contributed by atoms with Gasteiger partial charge in [-0.15, -0.1) is 0 Å². The van der Waals surface area contributed by atoms with Gasteiger partial charge in [0.05, 0.1) is 20.1 Å². The van der Waals surface area contributed by atoms with Gasteiger partial charge in [-0.25, -0.2) is 4.79 Å². The predicted octanol–water partition coefficient (Wildman–Crippen LogP) is -0.868. The van der Waals surface area contributed by atoms with Gasteiger partial charge in [0.15, 0.2) is 5.96 Å². The molecule has 0 atom stereocenters. The highest BCUT2D eigenvalue weighted by molar-refractivity contribution is 5.92. The molecule has 4 N–H and O–H groups in total. The SMILES string of the molecule is COC(=O)NC(N)=NCCC(=O)O. The fraction of sp³-hybridized carbons (Fsp3) is 0.500. The summed E-state index contributed by atoms with van der Waals surface area (Å²) in [6.45, 7) is 0.0190. The van der Waals surface area contributed by atoms with E-state index in [-0.39, 0.29) is 18.9 Å². The maximum atomic E-state index is 10.5. The Morgan fingerprint density at radius 3 is 2.69 bits per heavy atom. The van der Waals surface area contributed by atoms with E-state index in [9.17, 15) is 9.59 Å². The second kappa shape index (κ2) is 5.81. The van der Waals surface area contributed by atoms with Gasteiger partial charge < -0.3 is 15.6 Å². The zero-order valence-corrected chi connectivity index (χ0v) is 7.11. The van der Waals surface area contributed by atoms with Crippen molar-refractivity contribution in [3.05, 3.63) is 0 Å². The Hall–Kier alpha value is -1.79. The number of nitrogens with two attached hydrogens (primary N) is 1. The van der Waals surface area contributed by atoms with E-state index in [4.69, 9.17) is 10.8 Å². The third-order valence-corrected chi connectivity index (χ3v) is 1.02. The van der Waals surface area contributed by atoms with Crippen molar-refractivity contribution in [2.75, 3.05) is 13.7 Å². The Balaban J connectivity index is 3.75. The molecule has 7 nitrogen and oxygen atoms in total. The molecule has 7 heteroatoms. The molecule has 0 bridgehead atoms. The molecule has 74 valence electrons. The summed E-state index contributed by atoms with van der Waals surface area (Å²) in [4.78, 5) is 24.1. The van der Waals surface area contributed by atoms with Crippen LogP contribution in [-0.2, 0) is 9.53 Å². The minimum absolute atomic E-state index is 0.0190. The standard InChI is InChI=1S/C6H11N3O4/c1-13-6(12)9-5(7)8-3-2-4(10)11/h2-3H2,1H3,(H,10,11)(H3,7,8,9,12). The smallest absolute Gasteiger partial charge is 0.413 e. The summed E-state index contributed by atoms with van der Waals surface area (Å²) in [6, 6.07) is 0. The van der Waals surface area contributed by atoms with E-state index in [1.807, 2.05) is 0 Å². The second-order valence-electron chi connectivity index (χ2n) is 2.03. The van der Waals surface area contributed by atoms with Gasteiger partial charge in [-0.3, -0.25) is 15.1 Å². The summed E-state index contributed by atoms with van der Waals surface area (Å²) in [5.74, 6) is -1.14. The zero-order chi connectivity index (χ0) is 10.3. The molecule has 0 heterocycles. The summed E-state index contributed by atoms with van der Waals surface area (Å²) in [5.41, 5.74) is 5.18. The molecule has 0 aliphatic heterocycles. The van der Waals surface area contributed by atoms with E-state index in [0.717, 1.165) is 0 Å². The van der Waals surface area contributed by atoms with Crippen LogP contribution in [0, 0.1) is 0 Å². The first-order valence-corrected chi connectivity index (χ1v) is 3.43. The highest BCUT2D eigenvalue weighted by atomic mass is 16.5. The van der Waals surface area contributed by atoms with Gasteiger partial charge in [-0.1, -0.05) is 0 Å². The molecule has 0 aromatic rings. The highest BCUT2D eigenvalue weighted by Gasteiger charge is 2.00. The van der Waals surface area contributed by atoms with Crippen molar-refractivity contribution in [3.63, 3.8) is 0 Å². The Morgan fingerprint density at radius 1 is 1.62 bits per heavy atom. The van der Waals surface area contributed by atoms with E-state index >= 15 is 0 Å². The molecule has 1 amide bonds. The molecular formula is C6H11N3O4. The van der Waals surface area contributed by atoms with Crippen LogP contribution in [0.25, 0.3) is 0 Å². The van der Waals surface area contributed by atoms with Gasteiger partial charge >= 0.3 is 12.1 Å². The van der Waals surface area contributed by atoms with Gasteiger partial charge in [0, 0.05) is 0 Å². The number of nitrogens with zero attached hydrogens (tertiary/aromatic N) is 1. The number of aliphatic carboxylic acids is 1. The predicted molar refractivity (Wildman–Crippen MR) is 44.3 cm³/mol. The largest absolute Gasteiger partial charge is 0.481 e. The number of guanidine groups is 1. The number of nitrogens with one attached hydrogen (secondary N) is 1. The highest BCUT2D eigenvalue weighted by Crippen LogP contribution is 1.80. The monoisotopic (exact) mass is 189 g/mol. The number of methoxy groups -OCH3 is 1. The first-order valence-electron chi connectivity index (χ1n) is 3.43. The van der Waals surface area contributed by atoms with Crippen molar-refractivity contribution < 1.29 is 19.4 Å². The van der Waals surface area contributed by atoms with Crippen molar-refractivity contribution >= 4 is 18.0 Å². The average Bonchev–Trinajstić information content (AvgIpc) is 2.03. The van der Waals surface area contributed by atoms with Gasteiger partial charge in [0.2, 0.25) is 0 Å². The van der Waals surface area contributed by atoms with Crippen LogP contribution in [0.3, 0.4) is 0 Å².